The highest BCUT2D eigenvalue weighted by molar-refractivity contribution is 14.1. The molecular formula is C19H18IN5O2. The minimum absolute atomic E-state index is 0.194. The number of hydrogen-bond acceptors (Lipinski definition) is 5. The SMILES string of the molecule is COc1ccccc1/C=N/c1[nH]nc(Nc2ccc(CI)cc2)c1C(N)=O. The van der Waals surface area contributed by atoms with Crippen molar-refractivity contribution in [2.75, 3.05) is 12.4 Å². The fourth-order valence-electron chi connectivity index (χ4n) is 2.47. The predicted molar refractivity (Wildman–Crippen MR) is 115 cm³/mol. The number of amides is 1. The highest BCUT2D eigenvalue weighted by Crippen LogP contribution is 2.27. The van der Waals surface area contributed by atoms with Gasteiger partial charge in [0.2, 0.25) is 0 Å². The van der Waals surface area contributed by atoms with Gasteiger partial charge in [-0.05, 0) is 29.8 Å². The number of anilines is 2. The number of aliphatic imine (C=N–C) groups is 1. The van der Waals surface area contributed by atoms with Gasteiger partial charge in [-0.2, -0.15) is 5.10 Å². The van der Waals surface area contributed by atoms with Gasteiger partial charge in [-0.15, -0.1) is 0 Å². The summed E-state index contributed by atoms with van der Waals surface area (Å²) in [5.41, 5.74) is 8.52. The Balaban J connectivity index is 1.88. The van der Waals surface area contributed by atoms with Gasteiger partial charge in [-0.3, -0.25) is 9.89 Å². The normalized spacial score (nSPS) is 10.9. The summed E-state index contributed by atoms with van der Waals surface area (Å²) in [4.78, 5) is 16.3. The van der Waals surface area contributed by atoms with Crippen LogP contribution in [0.1, 0.15) is 21.5 Å². The number of nitrogens with two attached hydrogens (primary N) is 1. The number of benzene rings is 2. The minimum atomic E-state index is -0.623. The molecule has 8 heteroatoms. The molecule has 2 aromatic carbocycles. The number of nitrogens with one attached hydrogen (secondary N) is 2. The monoisotopic (exact) mass is 475 g/mol. The predicted octanol–water partition coefficient (Wildman–Crippen LogP) is 3.95. The number of para-hydroxylation sites is 1. The zero-order chi connectivity index (χ0) is 19.2. The third-order valence-corrected chi connectivity index (χ3v) is 4.72. The fourth-order valence-corrected chi connectivity index (χ4v) is 2.98. The van der Waals surface area contributed by atoms with Crippen LogP contribution in [-0.4, -0.2) is 29.4 Å². The molecule has 4 N–H and O–H groups in total. The van der Waals surface area contributed by atoms with E-state index in [-0.39, 0.29) is 11.4 Å². The number of nitrogens with zero attached hydrogens (tertiary/aromatic N) is 2. The van der Waals surface area contributed by atoms with E-state index in [1.807, 2.05) is 48.5 Å². The number of H-pyrrole nitrogens is 1. The van der Waals surface area contributed by atoms with E-state index < -0.39 is 5.91 Å². The lowest BCUT2D eigenvalue weighted by Crippen LogP contribution is -2.12. The topological polar surface area (TPSA) is 105 Å². The van der Waals surface area contributed by atoms with Crippen molar-refractivity contribution >= 4 is 52.0 Å². The molecule has 27 heavy (non-hydrogen) atoms. The van der Waals surface area contributed by atoms with E-state index in [4.69, 9.17) is 10.5 Å². The summed E-state index contributed by atoms with van der Waals surface area (Å²) in [5.74, 6) is 0.661. The van der Waals surface area contributed by atoms with Gasteiger partial charge in [-0.1, -0.05) is 46.9 Å². The molecule has 0 spiro atoms. The molecule has 138 valence electrons. The molecule has 3 aromatic rings. The molecule has 1 aromatic heterocycles. The number of ether oxygens (including phenoxy) is 1. The molecule has 3 rings (SSSR count). The van der Waals surface area contributed by atoms with Crippen LogP contribution < -0.4 is 15.8 Å². The summed E-state index contributed by atoms with van der Waals surface area (Å²) in [6.07, 6.45) is 1.60. The third kappa shape index (κ3) is 4.45. The smallest absolute Gasteiger partial charge is 0.256 e. The lowest BCUT2D eigenvalue weighted by atomic mass is 10.2. The molecule has 0 aliphatic heterocycles. The van der Waals surface area contributed by atoms with Crippen LogP contribution in [-0.2, 0) is 4.43 Å². The lowest BCUT2D eigenvalue weighted by Gasteiger charge is -2.05. The molecule has 0 atom stereocenters. The van der Waals surface area contributed by atoms with Gasteiger partial charge in [0.1, 0.15) is 11.3 Å². The van der Waals surface area contributed by atoms with Crippen molar-refractivity contribution in [2.45, 2.75) is 4.43 Å². The van der Waals surface area contributed by atoms with Crippen LogP contribution in [0.15, 0.2) is 53.5 Å². The van der Waals surface area contributed by atoms with Crippen LogP contribution in [0.3, 0.4) is 0 Å². The van der Waals surface area contributed by atoms with E-state index in [1.165, 1.54) is 5.56 Å². The van der Waals surface area contributed by atoms with Crippen LogP contribution in [0.25, 0.3) is 0 Å². The summed E-state index contributed by atoms with van der Waals surface area (Å²) in [7, 11) is 1.59. The Morgan fingerprint density at radius 3 is 2.70 bits per heavy atom. The first-order valence-electron chi connectivity index (χ1n) is 8.09. The average molecular weight is 475 g/mol. The van der Waals surface area contributed by atoms with Crippen molar-refractivity contribution < 1.29 is 9.53 Å². The van der Waals surface area contributed by atoms with Gasteiger partial charge in [0.05, 0.1) is 7.11 Å². The highest BCUT2D eigenvalue weighted by atomic mass is 127. The Labute approximate surface area is 170 Å². The molecule has 0 fully saturated rings. The summed E-state index contributed by atoms with van der Waals surface area (Å²) >= 11 is 2.30. The van der Waals surface area contributed by atoms with E-state index in [1.54, 1.807) is 13.3 Å². The van der Waals surface area contributed by atoms with Crippen LogP contribution >= 0.6 is 22.6 Å². The number of carbonyl (C=O) groups excluding carboxylic acids is 1. The molecule has 0 saturated heterocycles. The maximum absolute atomic E-state index is 12.0. The first-order valence-corrected chi connectivity index (χ1v) is 9.62. The van der Waals surface area contributed by atoms with E-state index >= 15 is 0 Å². The van der Waals surface area contributed by atoms with Crippen LogP contribution in [0.2, 0.25) is 0 Å². The Kier molecular flexibility index (Phi) is 6.07. The van der Waals surface area contributed by atoms with E-state index in [2.05, 4.69) is 43.1 Å². The number of aromatic nitrogens is 2. The summed E-state index contributed by atoms with van der Waals surface area (Å²) in [6, 6.07) is 15.3. The van der Waals surface area contributed by atoms with Gasteiger partial charge in [0.25, 0.3) is 5.91 Å². The summed E-state index contributed by atoms with van der Waals surface area (Å²) in [5, 5.41) is 10.0. The van der Waals surface area contributed by atoms with Crippen molar-refractivity contribution in [3.8, 4) is 5.75 Å². The Bertz CT molecular complexity index is 966. The van der Waals surface area contributed by atoms with Crippen LogP contribution in [0, 0.1) is 0 Å². The Morgan fingerprint density at radius 1 is 1.30 bits per heavy atom. The second kappa shape index (κ2) is 8.67. The zero-order valence-corrected chi connectivity index (χ0v) is 16.7. The molecule has 1 amide bonds. The number of hydrogen-bond donors (Lipinski definition) is 3. The van der Waals surface area contributed by atoms with E-state index in [0.29, 0.717) is 11.6 Å². The van der Waals surface area contributed by atoms with Crippen molar-refractivity contribution in [1.82, 2.24) is 10.2 Å². The standard InChI is InChI=1S/C19H18IN5O2/c1-27-15-5-3-2-4-13(15)11-22-18-16(17(21)26)19(25-24-18)23-14-8-6-12(10-20)7-9-14/h2-9,11H,10H2,1H3,(H2,21,26)(H2,23,24,25)/b22-11+. The molecule has 0 unspecified atom stereocenters. The van der Waals surface area contributed by atoms with Crippen LogP contribution in [0.5, 0.6) is 5.75 Å². The Hall–Kier alpha value is -2.88. The quantitative estimate of drug-likeness (QED) is 0.274. The number of aromatic amines is 1. The van der Waals surface area contributed by atoms with Gasteiger partial charge < -0.3 is 15.8 Å². The van der Waals surface area contributed by atoms with Gasteiger partial charge in [-0.25, -0.2) is 4.99 Å². The number of primary amides is 1. The molecule has 0 saturated carbocycles. The second-order valence-corrected chi connectivity index (χ2v) is 6.38. The zero-order valence-electron chi connectivity index (χ0n) is 14.6. The molecular weight excluding hydrogens is 457 g/mol. The third-order valence-electron chi connectivity index (χ3n) is 3.84. The maximum atomic E-state index is 12.0. The largest absolute Gasteiger partial charge is 0.496 e. The summed E-state index contributed by atoms with van der Waals surface area (Å²) in [6.45, 7) is 0. The number of alkyl halides is 1. The molecule has 0 aliphatic carbocycles. The molecule has 0 radical (unpaired) electrons. The van der Waals surface area contributed by atoms with E-state index in [0.717, 1.165) is 15.7 Å². The Morgan fingerprint density at radius 2 is 2.04 bits per heavy atom. The number of carbonyl (C=O) groups is 1. The summed E-state index contributed by atoms with van der Waals surface area (Å²) < 4.78 is 6.22. The van der Waals surface area contributed by atoms with Gasteiger partial charge in [0.15, 0.2) is 11.6 Å². The minimum Gasteiger partial charge on any atom is -0.496 e. The highest BCUT2D eigenvalue weighted by Gasteiger charge is 2.18. The molecule has 0 aliphatic rings. The van der Waals surface area contributed by atoms with Crippen molar-refractivity contribution in [2.24, 2.45) is 10.7 Å². The first-order chi connectivity index (χ1) is 13.1. The fraction of sp³-hybridized carbons (Fsp3) is 0.105. The van der Waals surface area contributed by atoms with Crippen LogP contribution in [0.4, 0.5) is 17.3 Å². The van der Waals surface area contributed by atoms with E-state index in [9.17, 15) is 4.79 Å². The molecule has 1 heterocycles. The van der Waals surface area contributed by atoms with Crippen molar-refractivity contribution in [1.29, 1.82) is 0 Å². The van der Waals surface area contributed by atoms with Gasteiger partial charge in [0, 0.05) is 21.9 Å². The van der Waals surface area contributed by atoms with Gasteiger partial charge >= 0.3 is 0 Å². The first kappa shape index (κ1) is 18.9. The average Bonchev–Trinajstić information content (AvgIpc) is 3.10. The number of methoxy groups -OCH3 is 1. The maximum Gasteiger partial charge on any atom is 0.256 e. The molecule has 7 nitrogen and oxygen atoms in total. The van der Waals surface area contributed by atoms with Crippen molar-refractivity contribution in [3.05, 3.63) is 65.2 Å². The molecule has 0 bridgehead atoms. The number of rotatable bonds is 7. The van der Waals surface area contributed by atoms with Crippen molar-refractivity contribution in [3.63, 3.8) is 0 Å². The lowest BCUT2D eigenvalue weighted by molar-refractivity contribution is 0.100. The number of halogens is 1. The second-order valence-electron chi connectivity index (χ2n) is 5.62.